The molecule has 0 radical (unpaired) electrons. The Labute approximate surface area is 128 Å². The Balaban J connectivity index is 2.34. The molecule has 0 heterocycles. The van der Waals surface area contributed by atoms with Crippen LogP contribution in [-0.4, -0.2) is 10.0 Å². The quantitative estimate of drug-likeness (QED) is 0.653. The van der Waals surface area contributed by atoms with E-state index in [2.05, 4.69) is 15.9 Å². The van der Waals surface area contributed by atoms with Crippen LogP contribution in [0.25, 0.3) is 0 Å². The minimum absolute atomic E-state index is 0.0828. The SMILES string of the molecule is CC(O)c1ccc(Oc2cc([N+](=O)[O-])ccc2Br)c(F)c1. The van der Waals surface area contributed by atoms with E-state index >= 15 is 0 Å². The predicted molar refractivity (Wildman–Crippen MR) is 77.9 cm³/mol. The predicted octanol–water partition coefficient (Wildman–Crippen LogP) is 4.34. The average molecular weight is 356 g/mol. The lowest BCUT2D eigenvalue weighted by Gasteiger charge is -2.10. The number of nitro groups is 1. The molecule has 2 rings (SSSR count). The summed E-state index contributed by atoms with van der Waals surface area (Å²) in [6, 6.07) is 8.01. The molecule has 0 amide bonds. The van der Waals surface area contributed by atoms with Crippen molar-refractivity contribution < 1.29 is 19.2 Å². The lowest BCUT2D eigenvalue weighted by molar-refractivity contribution is -0.384. The van der Waals surface area contributed by atoms with E-state index in [0.717, 1.165) is 6.07 Å². The van der Waals surface area contributed by atoms with Crippen LogP contribution in [0.5, 0.6) is 11.5 Å². The van der Waals surface area contributed by atoms with Crippen molar-refractivity contribution in [3.63, 3.8) is 0 Å². The molecule has 2 aromatic rings. The highest BCUT2D eigenvalue weighted by atomic mass is 79.9. The van der Waals surface area contributed by atoms with Crippen LogP contribution in [0.3, 0.4) is 0 Å². The smallest absolute Gasteiger partial charge is 0.273 e. The topological polar surface area (TPSA) is 72.6 Å². The van der Waals surface area contributed by atoms with Crippen molar-refractivity contribution in [3.05, 3.63) is 62.4 Å². The van der Waals surface area contributed by atoms with Gasteiger partial charge in [0.25, 0.3) is 5.69 Å². The van der Waals surface area contributed by atoms with Crippen LogP contribution in [0.1, 0.15) is 18.6 Å². The zero-order chi connectivity index (χ0) is 15.6. The van der Waals surface area contributed by atoms with E-state index in [-0.39, 0.29) is 17.2 Å². The molecule has 0 saturated heterocycles. The molecule has 0 saturated carbocycles. The van der Waals surface area contributed by atoms with Gasteiger partial charge >= 0.3 is 0 Å². The van der Waals surface area contributed by atoms with E-state index in [1.54, 1.807) is 0 Å². The number of aliphatic hydroxyl groups is 1. The van der Waals surface area contributed by atoms with Crippen LogP contribution in [0.2, 0.25) is 0 Å². The van der Waals surface area contributed by atoms with E-state index < -0.39 is 16.8 Å². The molecular formula is C14H11BrFNO4. The van der Waals surface area contributed by atoms with Crippen LogP contribution < -0.4 is 4.74 Å². The molecule has 0 aliphatic rings. The first-order valence-electron chi connectivity index (χ1n) is 5.98. The lowest BCUT2D eigenvalue weighted by Crippen LogP contribution is -1.95. The summed E-state index contributed by atoms with van der Waals surface area (Å²) < 4.78 is 19.7. The third-order valence-electron chi connectivity index (χ3n) is 2.78. The van der Waals surface area contributed by atoms with E-state index in [0.29, 0.717) is 10.0 Å². The summed E-state index contributed by atoms with van der Waals surface area (Å²) in [7, 11) is 0. The van der Waals surface area contributed by atoms with Crippen molar-refractivity contribution >= 4 is 21.6 Å². The molecule has 1 N–H and O–H groups in total. The standard InChI is InChI=1S/C14H11BrFNO4/c1-8(18)9-2-5-13(12(16)6-9)21-14-7-10(17(19)20)3-4-11(14)15/h2-8,18H,1H3. The Morgan fingerprint density at radius 2 is 2.00 bits per heavy atom. The van der Waals surface area contributed by atoms with Gasteiger partial charge in [-0.25, -0.2) is 4.39 Å². The van der Waals surface area contributed by atoms with Gasteiger partial charge in [0.1, 0.15) is 5.75 Å². The fraction of sp³-hybridized carbons (Fsp3) is 0.143. The zero-order valence-electron chi connectivity index (χ0n) is 10.9. The van der Waals surface area contributed by atoms with Crippen LogP contribution in [0.15, 0.2) is 40.9 Å². The van der Waals surface area contributed by atoms with Gasteiger partial charge in [-0.2, -0.15) is 0 Å². The van der Waals surface area contributed by atoms with Gasteiger partial charge in [0.05, 0.1) is 21.6 Å². The Bertz CT molecular complexity index is 691. The molecule has 0 fully saturated rings. The molecule has 21 heavy (non-hydrogen) atoms. The Kier molecular flexibility index (Phi) is 4.54. The number of non-ortho nitro benzene ring substituents is 1. The van der Waals surface area contributed by atoms with Crippen molar-refractivity contribution in [1.82, 2.24) is 0 Å². The normalized spacial score (nSPS) is 12.0. The largest absolute Gasteiger partial charge is 0.453 e. The summed E-state index contributed by atoms with van der Waals surface area (Å²) in [5, 5.41) is 20.1. The van der Waals surface area contributed by atoms with Gasteiger partial charge < -0.3 is 9.84 Å². The van der Waals surface area contributed by atoms with E-state index in [4.69, 9.17) is 4.74 Å². The van der Waals surface area contributed by atoms with Gasteiger partial charge in [0.15, 0.2) is 11.6 Å². The molecule has 1 atom stereocenters. The zero-order valence-corrected chi connectivity index (χ0v) is 12.5. The van der Waals surface area contributed by atoms with E-state index in [9.17, 15) is 19.6 Å². The third kappa shape index (κ3) is 3.56. The maximum absolute atomic E-state index is 13.9. The van der Waals surface area contributed by atoms with Gasteiger partial charge in [-0.1, -0.05) is 6.07 Å². The summed E-state index contributed by atoms with van der Waals surface area (Å²) in [6.07, 6.45) is -0.793. The summed E-state index contributed by atoms with van der Waals surface area (Å²) >= 11 is 3.19. The minimum atomic E-state index is -0.793. The second-order valence-electron chi connectivity index (χ2n) is 4.34. The van der Waals surface area contributed by atoms with Gasteiger partial charge in [-0.15, -0.1) is 0 Å². The number of halogens is 2. The highest BCUT2D eigenvalue weighted by Gasteiger charge is 2.14. The maximum Gasteiger partial charge on any atom is 0.273 e. The number of nitrogens with zero attached hydrogens (tertiary/aromatic N) is 1. The molecular weight excluding hydrogens is 345 g/mol. The molecule has 0 aromatic heterocycles. The summed E-state index contributed by atoms with van der Waals surface area (Å²) in [5.74, 6) is -0.611. The first-order chi connectivity index (χ1) is 9.88. The summed E-state index contributed by atoms with van der Waals surface area (Å²) in [5.41, 5.74) is 0.257. The molecule has 1 unspecified atom stereocenters. The van der Waals surface area contributed by atoms with E-state index in [1.165, 1.54) is 37.3 Å². The van der Waals surface area contributed by atoms with Gasteiger partial charge in [0, 0.05) is 6.07 Å². The van der Waals surface area contributed by atoms with Crippen molar-refractivity contribution in [2.75, 3.05) is 0 Å². The monoisotopic (exact) mass is 355 g/mol. The van der Waals surface area contributed by atoms with Crippen molar-refractivity contribution in [2.45, 2.75) is 13.0 Å². The number of hydrogen-bond acceptors (Lipinski definition) is 4. The first kappa shape index (κ1) is 15.4. The molecule has 5 nitrogen and oxygen atoms in total. The highest BCUT2D eigenvalue weighted by Crippen LogP contribution is 2.34. The van der Waals surface area contributed by atoms with Crippen LogP contribution in [-0.2, 0) is 0 Å². The Morgan fingerprint density at radius 1 is 1.29 bits per heavy atom. The Hall–Kier alpha value is -1.99. The Morgan fingerprint density at radius 3 is 2.57 bits per heavy atom. The van der Waals surface area contributed by atoms with Crippen molar-refractivity contribution in [1.29, 1.82) is 0 Å². The van der Waals surface area contributed by atoms with E-state index in [1.807, 2.05) is 0 Å². The number of benzene rings is 2. The molecule has 0 spiro atoms. The summed E-state index contributed by atoms with van der Waals surface area (Å²) in [4.78, 5) is 10.2. The maximum atomic E-state index is 13.9. The second-order valence-corrected chi connectivity index (χ2v) is 5.19. The molecule has 0 aliphatic carbocycles. The van der Waals surface area contributed by atoms with Crippen LogP contribution >= 0.6 is 15.9 Å². The van der Waals surface area contributed by atoms with Crippen LogP contribution in [0, 0.1) is 15.9 Å². The number of rotatable bonds is 4. The average Bonchev–Trinajstić information content (AvgIpc) is 2.42. The molecule has 0 aliphatic heterocycles. The molecule has 0 bridgehead atoms. The number of hydrogen-bond donors (Lipinski definition) is 1. The first-order valence-corrected chi connectivity index (χ1v) is 6.77. The molecule has 7 heteroatoms. The lowest BCUT2D eigenvalue weighted by atomic mass is 10.1. The number of nitro benzene ring substituents is 1. The molecule has 110 valence electrons. The second kappa shape index (κ2) is 6.19. The third-order valence-corrected chi connectivity index (χ3v) is 3.44. The van der Waals surface area contributed by atoms with Gasteiger partial charge in [-0.05, 0) is 46.6 Å². The fourth-order valence-corrected chi connectivity index (χ4v) is 1.99. The molecule has 2 aromatic carbocycles. The minimum Gasteiger partial charge on any atom is -0.453 e. The van der Waals surface area contributed by atoms with Crippen molar-refractivity contribution in [3.8, 4) is 11.5 Å². The van der Waals surface area contributed by atoms with Crippen LogP contribution in [0.4, 0.5) is 10.1 Å². The summed E-state index contributed by atoms with van der Waals surface area (Å²) in [6.45, 7) is 1.52. The number of ether oxygens (including phenoxy) is 1. The van der Waals surface area contributed by atoms with Gasteiger partial charge in [-0.3, -0.25) is 10.1 Å². The highest BCUT2D eigenvalue weighted by molar-refractivity contribution is 9.10. The van der Waals surface area contributed by atoms with Gasteiger partial charge in [0.2, 0.25) is 0 Å². The van der Waals surface area contributed by atoms with Crippen molar-refractivity contribution in [2.24, 2.45) is 0 Å². The fourth-order valence-electron chi connectivity index (χ4n) is 1.66. The number of aliphatic hydroxyl groups excluding tert-OH is 1.